The molecular weight excluding hydrogens is 452 g/mol. The molecule has 1 aromatic carbocycles. The molecule has 1 saturated heterocycles. The van der Waals surface area contributed by atoms with Gasteiger partial charge in [0.15, 0.2) is 0 Å². The Morgan fingerprint density at radius 2 is 1.81 bits per heavy atom. The van der Waals surface area contributed by atoms with Gasteiger partial charge in [-0.3, -0.25) is 9.20 Å². The van der Waals surface area contributed by atoms with Crippen LogP contribution in [0, 0.1) is 12.3 Å². The second-order valence-corrected chi connectivity index (χ2v) is 11.7. The molecule has 1 atom stereocenters. The first-order chi connectivity index (χ1) is 16.8. The van der Waals surface area contributed by atoms with Gasteiger partial charge in [-0.2, -0.15) is 0 Å². The van der Waals surface area contributed by atoms with Crippen LogP contribution in [0.3, 0.4) is 0 Å². The predicted molar refractivity (Wildman–Crippen MR) is 145 cm³/mol. The van der Waals surface area contributed by atoms with Crippen molar-refractivity contribution in [3.8, 4) is 0 Å². The SMILES string of the molecule is Cc1cc(C(C)Nc2ccccc2C(=O)OC(C)(C)C)c2nc(N3CCC(C)(C)CC3)cc(=O)n2c1. The fourth-order valence-electron chi connectivity index (χ4n) is 4.61. The molecule has 1 unspecified atom stereocenters. The van der Waals surface area contributed by atoms with E-state index >= 15 is 0 Å². The van der Waals surface area contributed by atoms with Crippen LogP contribution in [-0.4, -0.2) is 34.0 Å². The molecule has 0 spiro atoms. The number of benzene rings is 1. The Labute approximate surface area is 213 Å². The largest absolute Gasteiger partial charge is 0.456 e. The Kier molecular flexibility index (Phi) is 6.86. The lowest BCUT2D eigenvalue weighted by Gasteiger charge is -2.37. The first-order valence-electron chi connectivity index (χ1n) is 12.7. The molecule has 1 N–H and O–H groups in total. The number of piperidine rings is 1. The first-order valence-corrected chi connectivity index (χ1v) is 12.7. The van der Waals surface area contributed by atoms with E-state index in [1.807, 2.05) is 59.0 Å². The van der Waals surface area contributed by atoms with Gasteiger partial charge in [-0.25, -0.2) is 9.78 Å². The number of carbonyl (C=O) groups excluding carboxylic acids is 1. The zero-order valence-corrected chi connectivity index (χ0v) is 22.5. The molecule has 0 bridgehead atoms. The minimum absolute atomic E-state index is 0.0915. The summed E-state index contributed by atoms with van der Waals surface area (Å²) in [7, 11) is 0. The number of para-hydroxylation sites is 1. The van der Waals surface area contributed by atoms with E-state index in [1.54, 1.807) is 16.5 Å². The summed E-state index contributed by atoms with van der Waals surface area (Å²) in [5.41, 5.74) is 3.26. The van der Waals surface area contributed by atoms with Crippen molar-refractivity contribution < 1.29 is 9.53 Å². The third kappa shape index (κ3) is 5.72. The highest BCUT2D eigenvalue weighted by Crippen LogP contribution is 2.32. The quantitative estimate of drug-likeness (QED) is 0.459. The van der Waals surface area contributed by atoms with Gasteiger partial charge in [-0.15, -0.1) is 0 Å². The highest BCUT2D eigenvalue weighted by molar-refractivity contribution is 5.96. The maximum atomic E-state index is 13.1. The van der Waals surface area contributed by atoms with Crippen molar-refractivity contribution in [3.05, 3.63) is 69.6 Å². The number of nitrogens with zero attached hydrogens (tertiary/aromatic N) is 3. The summed E-state index contributed by atoms with van der Waals surface area (Å²) < 4.78 is 7.24. The van der Waals surface area contributed by atoms with Crippen LogP contribution in [0.15, 0.2) is 47.4 Å². The highest BCUT2D eigenvalue weighted by Gasteiger charge is 2.27. The van der Waals surface area contributed by atoms with Gasteiger partial charge in [-0.05, 0) is 76.6 Å². The van der Waals surface area contributed by atoms with Gasteiger partial charge in [0.05, 0.1) is 11.6 Å². The molecule has 7 nitrogen and oxygen atoms in total. The number of aryl methyl sites for hydroxylation is 1. The number of esters is 1. The summed E-state index contributed by atoms with van der Waals surface area (Å²) in [6.07, 6.45) is 3.96. The lowest BCUT2D eigenvalue weighted by molar-refractivity contribution is 0.00706. The summed E-state index contributed by atoms with van der Waals surface area (Å²) in [5, 5.41) is 3.47. The van der Waals surface area contributed by atoms with Crippen molar-refractivity contribution >= 4 is 23.1 Å². The first kappa shape index (κ1) is 25.7. The lowest BCUT2D eigenvalue weighted by atomic mass is 9.83. The number of fused-ring (bicyclic) bond motifs is 1. The second-order valence-electron chi connectivity index (χ2n) is 11.7. The van der Waals surface area contributed by atoms with E-state index in [2.05, 4.69) is 30.1 Å². The molecule has 1 aliphatic heterocycles. The number of carbonyl (C=O) groups is 1. The van der Waals surface area contributed by atoms with Gasteiger partial charge in [0.2, 0.25) is 0 Å². The molecular formula is C29H38N4O3. The third-order valence-corrected chi connectivity index (χ3v) is 6.74. The second kappa shape index (κ2) is 9.60. The number of pyridine rings is 1. The summed E-state index contributed by atoms with van der Waals surface area (Å²) in [5.74, 6) is 0.346. The summed E-state index contributed by atoms with van der Waals surface area (Å²) in [6.45, 7) is 15.9. The molecule has 4 rings (SSSR count). The fraction of sp³-hybridized carbons (Fsp3) is 0.483. The van der Waals surface area contributed by atoms with Crippen LogP contribution in [0.1, 0.15) is 81.9 Å². The number of nitrogens with one attached hydrogen (secondary N) is 1. The van der Waals surface area contributed by atoms with E-state index in [0.29, 0.717) is 22.3 Å². The smallest absolute Gasteiger partial charge is 0.340 e. The van der Waals surface area contributed by atoms with Crippen molar-refractivity contribution in [2.24, 2.45) is 5.41 Å². The van der Waals surface area contributed by atoms with Crippen LogP contribution >= 0.6 is 0 Å². The topological polar surface area (TPSA) is 75.9 Å². The van der Waals surface area contributed by atoms with Crippen LogP contribution in [0.25, 0.3) is 5.65 Å². The molecule has 0 saturated carbocycles. The van der Waals surface area contributed by atoms with Crippen LogP contribution < -0.4 is 15.8 Å². The Balaban J connectivity index is 1.70. The van der Waals surface area contributed by atoms with Gasteiger partial charge in [0.25, 0.3) is 5.56 Å². The van der Waals surface area contributed by atoms with Crippen molar-refractivity contribution in [1.82, 2.24) is 9.38 Å². The van der Waals surface area contributed by atoms with Gasteiger partial charge in [-0.1, -0.05) is 26.0 Å². The Morgan fingerprint density at radius 3 is 2.47 bits per heavy atom. The van der Waals surface area contributed by atoms with E-state index in [1.165, 1.54) is 0 Å². The number of ether oxygens (including phenoxy) is 1. The normalized spacial score (nSPS) is 16.6. The van der Waals surface area contributed by atoms with E-state index in [0.717, 1.165) is 42.9 Å². The number of rotatable bonds is 5. The lowest BCUT2D eigenvalue weighted by Crippen LogP contribution is -2.38. The summed E-state index contributed by atoms with van der Waals surface area (Å²) >= 11 is 0. The molecule has 36 heavy (non-hydrogen) atoms. The minimum Gasteiger partial charge on any atom is -0.456 e. The fourth-order valence-corrected chi connectivity index (χ4v) is 4.61. The zero-order valence-electron chi connectivity index (χ0n) is 22.5. The van der Waals surface area contributed by atoms with E-state index in [9.17, 15) is 9.59 Å². The average molecular weight is 491 g/mol. The molecule has 0 radical (unpaired) electrons. The Bertz CT molecular complexity index is 1330. The van der Waals surface area contributed by atoms with Crippen LogP contribution in [0.2, 0.25) is 0 Å². The van der Waals surface area contributed by atoms with Gasteiger partial charge >= 0.3 is 5.97 Å². The maximum absolute atomic E-state index is 13.1. The Hall–Kier alpha value is -3.35. The maximum Gasteiger partial charge on any atom is 0.340 e. The molecule has 192 valence electrons. The molecule has 0 amide bonds. The van der Waals surface area contributed by atoms with Crippen molar-refractivity contribution in [2.75, 3.05) is 23.3 Å². The molecule has 7 heteroatoms. The Morgan fingerprint density at radius 1 is 1.14 bits per heavy atom. The highest BCUT2D eigenvalue weighted by atomic mass is 16.6. The molecule has 1 fully saturated rings. The van der Waals surface area contributed by atoms with Crippen molar-refractivity contribution in [3.63, 3.8) is 0 Å². The van der Waals surface area contributed by atoms with Crippen LogP contribution in [-0.2, 0) is 4.74 Å². The number of hydrogen-bond donors (Lipinski definition) is 1. The van der Waals surface area contributed by atoms with Crippen LogP contribution in [0.4, 0.5) is 11.5 Å². The zero-order chi connectivity index (χ0) is 26.3. The monoisotopic (exact) mass is 490 g/mol. The summed E-state index contributed by atoms with van der Waals surface area (Å²) in [6, 6.07) is 10.8. The van der Waals surface area contributed by atoms with Crippen molar-refractivity contribution in [2.45, 2.75) is 73.0 Å². The molecule has 0 aliphatic carbocycles. The van der Waals surface area contributed by atoms with Crippen molar-refractivity contribution in [1.29, 1.82) is 0 Å². The van der Waals surface area contributed by atoms with Crippen LogP contribution in [0.5, 0.6) is 0 Å². The molecule has 1 aliphatic rings. The summed E-state index contributed by atoms with van der Waals surface area (Å²) in [4.78, 5) is 33.2. The van der Waals surface area contributed by atoms with Gasteiger partial charge in [0, 0.05) is 36.6 Å². The standard InChI is InChI=1S/C29H38N4O3/c1-19-16-22(20(2)30-23-11-9-8-10-21(23)27(35)36-28(3,4)5)26-31-24(17-25(34)33(26)18-19)32-14-12-29(6,7)13-15-32/h8-11,16-18,20,30H,12-15H2,1-7H3. The molecule has 2 aromatic heterocycles. The van der Waals surface area contributed by atoms with Gasteiger partial charge < -0.3 is 15.0 Å². The third-order valence-electron chi connectivity index (χ3n) is 6.74. The van der Waals surface area contributed by atoms with E-state index in [-0.39, 0.29) is 17.6 Å². The van der Waals surface area contributed by atoms with E-state index < -0.39 is 5.60 Å². The van der Waals surface area contributed by atoms with Gasteiger partial charge in [0.1, 0.15) is 17.1 Å². The predicted octanol–water partition coefficient (Wildman–Crippen LogP) is 5.76. The van der Waals surface area contributed by atoms with E-state index in [4.69, 9.17) is 9.72 Å². The molecule has 3 heterocycles. The average Bonchev–Trinajstić information content (AvgIpc) is 2.78. The number of anilines is 2. The molecule has 3 aromatic rings. The number of hydrogen-bond acceptors (Lipinski definition) is 6. The minimum atomic E-state index is -0.590. The number of aromatic nitrogens is 2.